The van der Waals surface area contributed by atoms with Crippen LogP contribution in [-0.2, 0) is 34.7 Å². The summed E-state index contributed by atoms with van der Waals surface area (Å²) in [7, 11) is -3.47. The number of pyridine rings is 1. The number of fused-ring (bicyclic) bond motifs is 5. The molecule has 272 valence electrons. The normalized spacial score (nSPS) is 22.4. The van der Waals surface area contributed by atoms with E-state index in [1.54, 1.807) is 0 Å². The summed E-state index contributed by atoms with van der Waals surface area (Å²) < 4.78 is 65.5. The Balaban J connectivity index is 1.48. The van der Waals surface area contributed by atoms with E-state index in [0.29, 0.717) is 24.8 Å². The van der Waals surface area contributed by atoms with Crippen LogP contribution in [0.2, 0.25) is 0 Å². The Morgan fingerprint density at radius 1 is 1.22 bits per heavy atom. The number of ether oxygens (including phenoxy) is 4. The molecule has 1 saturated heterocycles. The van der Waals surface area contributed by atoms with Crippen molar-refractivity contribution in [2.75, 3.05) is 20.4 Å². The third-order valence-corrected chi connectivity index (χ3v) is 9.43. The van der Waals surface area contributed by atoms with Crippen LogP contribution in [0.3, 0.4) is 0 Å². The number of phosphoric acid groups is 1. The molecule has 20 heteroatoms. The van der Waals surface area contributed by atoms with Gasteiger partial charge in [0, 0.05) is 37.0 Å². The van der Waals surface area contributed by atoms with Gasteiger partial charge in [-0.25, -0.2) is 18.1 Å². The predicted octanol–water partition coefficient (Wildman–Crippen LogP) is 2.73. The molecule has 5 rings (SSSR count). The molecule has 2 bridgehead atoms. The lowest BCUT2D eigenvalue weighted by Gasteiger charge is -2.42. The number of carbonyl (C=O) groups is 3. The Labute approximate surface area is 283 Å². The molecule has 1 spiro atoms. The van der Waals surface area contributed by atoms with Gasteiger partial charge in [0.2, 0.25) is 23.9 Å². The van der Waals surface area contributed by atoms with Crippen molar-refractivity contribution in [2.45, 2.75) is 76.5 Å². The summed E-state index contributed by atoms with van der Waals surface area (Å²) in [5, 5.41) is 6.48. The number of nitrogens with zero attached hydrogens (tertiary/aromatic N) is 3. The highest BCUT2D eigenvalue weighted by molar-refractivity contribution is 7.46. The number of rotatable bonds is 10. The lowest BCUT2D eigenvalue weighted by atomic mass is 9.85. The van der Waals surface area contributed by atoms with Crippen LogP contribution < -0.4 is 15.5 Å². The second-order valence-corrected chi connectivity index (χ2v) is 13.2. The zero-order valence-corrected chi connectivity index (χ0v) is 28.2. The number of amides is 2. The fourth-order valence-corrected chi connectivity index (χ4v) is 6.57. The average Bonchev–Trinajstić information content (AvgIpc) is 3.42. The third kappa shape index (κ3) is 7.60. The molecule has 0 unspecified atom stereocenters. The molecule has 50 heavy (non-hydrogen) atoms. The Kier molecular flexibility index (Phi) is 10.5. The van der Waals surface area contributed by atoms with Gasteiger partial charge in [-0.2, -0.15) is 0 Å². The average molecular weight is 729 g/mol. The molecule has 1 fully saturated rings. The molecule has 0 radical (unpaired) electrons. The molecule has 2 amide bonds. The molecule has 17 nitrogen and oxygen atoms in total. The van der Waals surface area contributed by atoms with Crippen molar-refractivity contribution in [3.05, 3.63) is 63.1 Å². The lowest BCUT2D eigenvalue weighted by molar-refractivity contribution is -0.0659. The smallest absolute Gasteiger partial charge is 0.482 e. The van der Waals surface area contributed by atoms with E-state index in [1.165, 1.54) is 36.6 Å². The maximum Gasteiger partial charge on any atom is 0.511 e. The predicted molar refractivity (Wildman–Crippen MR) is 165 cm³/mol. The molecule has 4 heterocycles. The number of methoxy groups -OCH3 is 1. The van der Waals surface area contributed by atoms with Crippen molar-refractivity contribution in [1.82, 2.24) is 14.8 Å². The standard InChI is InChI=1S/C30H35F2N4O13P/c1-15-7-8-30(10-23(44-4)34-49-30)22-13-35(15)28(39)24-26(45-14-46-29(40)47-16(2)17(3)48-50(41,42)43)25(37)20(12-36(22)24)27(38)33-11-18-5-6-19(31)9-21(18)32/h5-6,9,12,15-17,22H,7-8,10-11,13-14H2,1-4H3,(H,33,38)(H2,41,42,43)/t15-,16+,17-,22+,30-/m0/s1. The summed E-state index contributed by atoms with van der Waals surface area (Å²) in [6, 6.07) is 1.71. The first-order chi connectivity index (χ1) is 23.5. The minimum atomic E-state index is -4.89. The zero-order chi connectivity index (χ0) is 36.5. The van der Waals surface area contributed by atoms with Crippen LogP contribution in [0.4, 0.5) is 13.6 Å². The second-order valence-electron chi connectivity index (χ2n) is 12.0. The zero-order valence-electron chi connectivity index (χ0n) is 27.3. The van der Waals surface area contributed by atoms with Crippen LogP contribution in [-0.4, -0.2) is 87.4 Å². The maximum absolute atomic E-state index is 14.3. The first-order valence-electron chi connectivity index (χ1n) is 15.3. The van der Waals surface area contributed by atoms with E-state index in [0.717, 1.165) is 12.1 Å². The van der Waals surface area contributed by atoms with E-state index in [4.69, 9.17) is 33.6 Å². The van der Waals surface area contributed by atoms with Crippen molar-refractivity contribution in [3.8, 4) is 5.75 Å². The van der Waals surface area contributed by atoms with E-state index < -0.39 is 91.4 Å². The summed E-state index contributed by atoms with van der Waals surface area (Å²) in [5.74, 6) is -3.72. The van der Waals surface area contributed by atoms with Crippen LogP contribution in [0.1, 0.15) is 72.5 Å². The summed E-state index contributed by atoms with van der Waals surface area (Å²) in [6.07, 6.45) is -1.56. The van der Waals surface area contributed by atoms with Gasteiger partial charge in [-0.1, -0.05) is 11.2 Å². The van der Waals surface area contributed by atoms with E-state index in [9.17, 15) is 32.5 Å². The Morgan fingerprint density at radius 3 is 2.62 bits per heavy atom. The highest BCUT2D eigenvalue weighted by Gasteiger charge is 2.55. The van der Waals surface area contributed by atoms with Crippen molar-refractivity contribution in [2.24, 2.45) is 5.16 Å². The fraction of sp³-hybridized carbons (Fsp3) is 0.500. The van der Waals surface area contributed by atoms with Crippen LogP contribution in [0, 0.1) is 11.6 Å². The molecule has 2 aromatic rings. The van der Waals surface area contributed by atoms with Crippen LogP contribution in [0.15, 0.2) is 34.3 Å². The highest BCUT2D eigenvalue weighted by Crippen LogP contribution is 2.46. The number of halogens is 2. The van der Waals surface area contributed by atoms with Gasteiger partial charge in [0.1, 0.15) is 29.4 Å². The SMILES string of the molecule is COC1=NO[C@@]2(CC[C@H](C)N3C[C@H]2n2cc(C(=O)NCc4ccc(F)cc4F)c(=O)c(OCOC(=O)O[C@H](C)[C@H](C)OP(=O)(O)O)c2C3=O)C1. The fourth-order valence-electron chi connectivity index (χ4n) is 5.97. The summed E-state index contributed by atoms with van der Waals surface area (Å²) in [6.45, 7) is 3.01. The van der Waals surface area contributed by atoms with Gasteiger partial charge in [-0.15, -0.1) is 0 Å². The quantitative estimate of drug-likeness (QED) is 0.183. The van der Waals surface area contributed by atoms with Crippen LogP contribution in [0.5, 0.6) is 5.75 Å². The largest absolute Gasteiger partial charge is 0.511 e. The van der Waals surface area contributed by atoms with Crippen molar-refractivity contribution < 1.29 is 65.8 Å². The van der Waals surface area contributed by atoms with Crippen molar-refractivity contribution in [3.63, 3.8) is 0 Å². The third-order valence-electron chi connectivity index (χ3n) is 8.83. The van der Waals surface area contributed by atoms with Gasteiger partial charge in [-0.3, -0.25) is 18.9 Å². The van der Waals surface area contributed by atoms with Gasteiger partial charge in [-0.05, 0) is 39.7 Å². The monoisotopic (exact) mass is 728 g/mol. The number of phosphoric ester groups is 1. The molecule has 1 aromatic heterocycles. The Morgan fingerprint density at radius 2 is 1.96 bits per heavy atom. The molecule has 3 N–H and O–H groups in total. The van der Waals surface area contributed by atoms with E-state index in [-0.39, 0.29) is 30.3 Å². The molecule has 1 aromatic carbocycles. The van der Waals surface area contributed by atoms with Crippen LogP contribution in [0.25, 0.3) is 0 Å². The number of hydrogen-bond donors (Lipinski definition) is 3. The van der Waals surface area contributed by atoms with E-state index in [1.807, 2.05) is 6.92 Å². The summed E-state index contributed by atoms with van der Waals surface area (Å²) >= 11 is 0. The van der Waals surface area contributed by atoms with E-state index in [2.05, 4.69) is 15.0 Å². The Bertz CT molecular complexity index is 1820. The van der Waals surface area contributed by atoms with Gasteiger partial charge < -0.3 is 48.4 Å². The van der Waals surface area contributed by atoms with Crippen molar-refractivity contribution >= 4 is 31.7 Å². The Hall–Kier alpha value is -4.58. The number of aromatic nitrogens is 1. The lowest BCUT2D eigenvalue weighted by Crippen LogP contribution is -2.52. The van der Waals surface area contributed by atoms with Gasteiger partial charge in [0.05, 0.1) is 19.6 Å². The van der Waals surface area contributed by atoms with Gasteiger partial charge in [0.25, 0.3) is 11.8 Å². The molecule has 3 aliphatic rings. The summed E-state index contributed by atoms with van der Waals surface area (Å²) in [5.41, 5.74) is -3.00. The maximum atomic E-state index is 14.3. The molecule has 5 atom stereocenters. The number of carbonyl (C=O) groups excluding carboxylic acids is 3. The molecule has 3 aliphatic heterocycles. The second kappa shape index (κ2) is 14.3. The van der Waals surface area contributed by atoms with Gasteiger partial charge >= 0.3 is 14.0 Å². The molecule has 0 saturated carbocycles. The number of benzene rings is 1. The number of hydrogen-bond acceptors (Lipinski definition) is 12. The molecule has 0 aliphatic carbocycles. The highest BCUT2D eigenvalue weighted by atomic mass is 31.2. The topological polar surface area (TPSA) is 214 Å². The van der Waals surface area contributed by atoms with Crippen LogP contribution >= 0.6 is 7.82 Å². The number of nitrogens with one attached hydrogen (secondary N) is 1. The minimum Gasteiger partial charge on any atom is -0.482 e. The number of oxime groups is 1. The minimum absolute atomic E-state index is 0.0675. The summed E-state index contributed by atoms with van der Waals surface area (Å²) in [4.78, 5) is 79.2. The van der Waals surface area contributed by atoms with Gasteiger partial charge in [0.15, 0.2) is 11.3 Å². The first kappa shape index (κ1) is 36.7. The molecular formula is C30H35F2N4O13P. The van der Waals surface area contributed by atoms with Crippen molar-refractivity contribution in [1.29, 1.82) is 0 Å². The molecular weight excluding hydrogens is 693 g/mol. The first-order valence-corrected chi connectivity index (χ1v) is 16.9. The van der Waals surface area contributed by atoms with E-state index >= 15 is 0 Å².